The van der Waals surface area contributed by atoms with Crippen molar-refractivity contribution in [2.24, 2.45) is 7.05 Å². The number of aryl methyl sites for hydroxylation is 2. The minimum atomic E-state index is 0.0150. The average Bonchev–Trinajstić information content (AvgIpc) is 3.04. The first kappa shape index (κ1) is 15.6. The van der Waals surface area contributed by atoms with Crippen LogP contribution in [-0.2, 0) is 20.0 Å². The number of unbranched alkanes of at least 4 members (excludes halogenated alkanes) is 1. The van der Waals surface area contributed by atoms with Crippen LogP contribution in [0.2, 0.25) is 0 Å². The fourth-order valence-electron chi connectivity index (χ4n) is 2.92. The molecule has 2 aromatic heterocycles. The number of aliphatic hydroxyl groups is 1. The zero-order chi connectivity index (χ0) is 16.4. The molecule has 3 N–H and O–H groups in total. The predicted molar refractivity (Wildman–Crippen MR) is 92.0 cm³/mol. The van der Waals surface area contributed by atoms with Crippen LogP contribution in [0.25, 0.3) is 22.4 Å². The van der Waals surface area contributed by atoms with Crippen molar-refractivity contribution in [3.8, 4) is 11.4 Å². The van der Waals surface area contributed by atoms with Crippen LogP contribution >= 0.6 is 0 Å². The molecule has 0 aliphatic rings. The van der Waals surface area contributed by atoms with Crippen molar-refractivity contribution >= 4 is 16.9 Å². The van der Waals surface area contributed by atoms with Crippen molar-refractivity contribution in [3.63, 3.8) is 0 Å². The third-order valence-corrected chi connectivity index (χ3v) is 4.15. The molecule has 0 aliphatic carbocycles. The summed E-state index contributed by atoms with van der Waals surface area (Å²) in [6, 6.07) is 8.03. The summed E-state index contributed by atoms with van der Waals surface area (Å²) in [6.07, 6.45) is 3.00. The molecule has 0 fully saturated rings. The summed E-state index contributed by atoms with van der Waals surface area (Å²) in [6.45, 7) is 2.57. The summed E-state index contributed by atoms with van der Waals surface area (Å²) in [4.78, 5) is 4.75. The number of rotatable bonds is 6. The van der Waals surface area contributed by atoms with E-state index < -0.39 is 0 Å². The number of hydrogen-bond acceptors (Lipinski definition) is 4. The number of anilines is 1. The Morgan fingerprint density at radius 1 is 1.26 bits per heavy atom. The number of imidazole rings is 1. The molecule has 0 aliphatic heterocycles. The number of aromatic nitrogens is 4. The van der Waals surface area contributed by atoms with E-state index in [2.05, 4.69) is 16.6 Å². The minimum Gasteiger partial charge on any atom is -0.394 e. The van der Waals surface area contributed by atoms with Crippen molar-refractivity contribution in [3.05, 3.63) is 30.0 Å². The molecule has 3 rings (SSSR count). The van der Waals surface area contributed by atoms with Crippen LogP contribution < -0.4 is 5.73 Å². The highest BCUT2D eigenvalue weighted by atomic mass is 16.3. The zero-order valence-corrected chi connectivity index (χ0v) is 13.7. The normalized spacial score (nSPS) is 11.4. The topological polar surface area (TPSA) is 81.9 Å². The smallest absolute Gasteiger partial charge is 0.146 e. The third-order valence-electron chi connectivity index (χ3n) is 4.15. The maximum atomic E-state index is 9.22. The Bertz CT molecular complexity index is 818. The fraction of sp³-hybridized carbons (Fsp3) is 0.412. The maximum absolute atomic E-state index is 9.22. The van der Waals surface area contributed by atoms with Crippen molar-refractivity contribution in [2.45, 2.75) is 32.7 Å². The summed E-state index contributed by atoms with van der Waals surface area (Å²) in [7, 11) is 2.00. The molecule has 0 spiro atoms. The number of fused-ring (bicyclic) bond motifs is 1. The van der Waals surface area contributed by atoms with Gasteiger partial charge in [-0.2, -0.15) is 5.10 Å². The lowest BCUT2D eigenvalue weighted by molar-refractivity contribution is 0.270. The van der Waals surface area contributed by atoms with E-state index in [9.17, 15) is 5.11 Å². The van der Waals surface area contributed by atoms with Gasteiger partial charge in [0.1, 0.15) is 11.6 Å². The molecule has 6 heteroatoms. The van der Waals surface area contributed by atoms with E-state index >= 15 is 0 Å². The van der Waals surface area contributed by atoms with E-state index in [-0.39, 0.29) is 6.61 Å². The standard InChI is InChI=1S/C17H23N5O/c1-3-4-7-13-15(16(18)22(20-13)10-11-23)17-19-12-8-5-6-9-14(12)21(17)2/h5-6,8-9,23H,3-4,7,10-11,18H2,1-2H3. The van der Waals surface area contributed by atoms with E-state index in [1.54, 1.807) is 4.68 Å². The number of para-hydroxylation sites is 2. The highest BCUT2D eigenvalue weighted by Crippen LogP contribution is 2.32. The molecule has 122 valence electrons. The van der Waals surface area contributed by atoms with Gasteiger partial charge in [-0.3, -0.25) is 0 Å². The monoisotopic (exact) mass is 313 g/mol. The molecule has 0 bridgehead atoms. The van der Waals surface area contributed by atoms with Crippen molar-refractivity contribution in [2.75, 3.05) is 12.3 Å². The summed E-state index contributed by atoms with van der Waals surface area (Å²) in [5, 5.41) is 13.8. The van der Waals surface area contributed by atoms with E-state index in [1.807, 2.05) is 31.3 Å². The second-order valence-electron chi connectivity index (χ2n) is 5.74. The SMILES string of the molecule is CCCCc1nn(CCO)c(N)c1-c1nc2ccccc2n1C. The van der Waals surface area contributed by atoms with Crippen LogP contribution in [0.5, 0.6) is 0 Å². The molecule has 0 saturated heterocycles. The van der Waals surface area contributed by atoms with Gasteiger partial charge >= 0.3 is 0 Å². The van der Waals surface area contributed by atoms with Gasteiger partial charge in [0.15, 0.2) is 0 Å². The minimum absolute atomic E-state index is 0.0150. The molecule has 0 amide bonds. The van der Waals surface area contributed by atoms with Crippen LogP contribution in [-0.4, -0.2) is 31.0 Å². The largest absolute Gasteiger partial charge is 0.394 e. The molecule has 0 atom stereocenters. The quantitative estimate of drug-likeness (QED) is 0.732. The van der Waals surface area contributed by atoms with Gasteiger partial charge in [0.25, 0.3) is 0 Å². The first-order valence-corrected chi connectivity index (χ1v) is 8.05. The van der Waals surface area contributed by atoms with Gasteiger partial charge in [0.2, 0.25) is 0 Å². The van der Waals surface area contributed by atoms with E-state index in [0.717, 1.165) is 47.4 Å². The second-order valence-corrected chi connectivity index (χ2v) is 5.74. The van der Waals surface area contributed by atoms with Crippen LogP contribution in [0.4, 0.5) is 5.82 Å². The van der Waals surface area contributed by atoms with Crippen molar-refractivity contribution in [1.82, 2.24) is 19.3 Å². The van der Waals surface area contributed by atoms with Crippen LogP contribution in [0, 0.1) is 0 Å². The van der Waals surface area contributed by atoms with E-state index in [1.165, 1.54) is 0 Å². The lowest BCUT2D eigenvalue weighted by atomic mass is 10.1. The van der Waals surface area contributed by atoms with Gasteiger partial charge in [-0.1, -0.05) is 25.5 Å². The van der Waals surface area contributed by atoms with Gasteiger partial charge in [-0.15, -0.1) is 0 Å². The van der Waals surface area contributed by atoms with Gasteiger partial charge in [-0.05, 0) is 25.0 Å². The lowest BCUT2D eigenvalue weighted by Gasteiger charge is -2.05. The molecule has 6 nitrogen and oxygen atoms in total. The molecular weight excluding hydrogens is 290 g/mol. The van der Waals surface area contributed by atoms with Crippen molar-refractivity contribution < 1.29 is 5.11 Å². The van der Waals surface area contributed by atoms with Crippen LogP contribution in [0.1, 0.15) is 25.5 Å². The Morgan fingerprint density at radius 2 is 2.04 bits per heavy atom. The fourth-order valence-corrected chi connectivity index (χ4v) is 2.92. The van der Waals surface area contributed by atoms with Gasteiger partial charge in [0, 0.05) is 7.05 Å². The number of benzene rings is 1. The molecule has 1 aromatic carbocycles. The predicted octanol–water partition coefficient (Wildman–Crippen LogP) is 2.35. The number of nitrogen functional groups attached to an aromatic ring is 1. The molecule has 0 unspecified atom stereocenters. The highest BCUT2D eigenvalue weighted by Gasteiger charge is 2.21. The van der Waals surface area contributed by atoms with Gasteiger partial charge in [0.05, 0.1) is 35.4 Å². The Morgan fingerprint density at radius 3 is 2.74 bits per heavy atom. The Hall–Kier alpha value is -2.34. The molecular formula is C17H23N5O. The first-order chi connectivity index (χ1) is 11.2. The summed E-state index contributed by atoms with van der Waals surface area (Å²) in [5.74, 6) is 1.41. The van der Waals surface area contributed by atoms with Gasteiger partial charge in [-0.25, -0.2) is 9.67 Å². The molecule has 23 heavy (non-hydrogen) atoms. The summed E-state index contributed by atoms with van der Waals surface area (Å²) < 4.78 is 3.74. The van der Waals surface area contributed by atoms with E-state index in [0.29, 0.717) is 12.4 Å². The number of nitrogens with zero attached hydrogens (tertiary/aromatic N) is 4. The molecule has 0 radical (unpaired) electrons. The summed E-state index contributed by atoms with van der Waals surface area (Å²) in [5.41, 5.74) is 10.2. The lowest BCUT2D eigenvalue weighted by Crippen LogP contribution is -2.08. The van der Waals surface area contributed by atoms with Crippen LogP contribution in [0.15, 0.2) is 24.3 Å². The molecule has 2 heterocycles. The average molecular weight is 313 g/mol. The van der Waals surface area contributed by atoms with Crippen LogP contribution in [0.3, 0.4) is 0 Å². The Kier molecular flexibility index (Phi) is 4.34. The third kappa shape index (κ3) is 2.70. The number of aliphatic hydroxyl groups excluding tert-OH is 1. The van der Waals surface area contributed by atoms with E-state index in [4.69, 9.17) is 10.7 Å². The first-order valence-electron chi connectivity index (χ1n) is 8.05. The highest BCUT2D eigenvalue weighted by molar-refractivity contribution is 5.83. The number of hydrogen-bond donors (Lipinski definition) is 2. The Labute approximate surface area is 135 Å². The second kappa shape index (κ2) is 6.42. The van der Waals surface area contributed by atoms with Crippen molar-refractivity contribution in [1.29, 1.82) is 0 Å². The van der Waals surface area contributed by atoms with Gasteiger partial charge < -0.3 is 15.4 Å². The molecule has 0 saturated carbocycles. The zero-order valence-electron chi connectivity index (χ0n) is 13.7. The Balaban J connectivity index is 2.17. The summed E-state index contributed by atoms with van der Waals surface area (Å²) >= 11 is 0. The maximum Gasteiger partial charge on any atom is 0.146 e. The molecule has 3 aromatic rings. The number of nitrogens with two attached hydrogens (primary N) is 1.